The number of para-hydroxylation sites is 1. The van der Waals surface area contributed by atoms with Gasteiger partial charge in [0.25, 0.3) is 5.91 Å². The minimum Gasteiger partial charge on any atom is -0.484 e. The minimum absolute atomic E-state index is 0.0170. The number of H-pyrrole nitrogens is 1. The molecule has 1 aliphatic heterocycles. The van der Waals surface area contributed by atoms with Gasteiger partial charge in [-0.2, -0.15) is 0 Å². The van der Waals surface area contributed by atoms with Crippen LogP contribution in [0.4, 0.5) is 0 Å². The molecule has 0 radical (unpaired) electrons. The van der Waals surface area contributed by atoms with Crippen molar-refractivity contribution in [2.24, 2.45) is 0 Å². The number of benzene rings is 2. The second-order valence-corrected chi connectivity index (χ2v) is 7.09. The molecular formula is C21H21ClN2O2. The van der Waals surface area contributed by atoms with Gasteiger partial charge >= 0.3 is 0 Å². The van der Waals surface area contributed by atoms with E-state index in [4.69, 9.17) is 16.3 Å². The third-order valence-electron chi connectivity index (χ3n) is 4.91. The van der Waals surface area contributed by atoms with E-state index in [1.54, 1.807) is 24.3 Å². The summed E-state index contributed by atoms with van der Waals surface area (Å²) in [5.41, 5.74) is 2.21. The van der Waals surface area contributed by atoms with Gasteiger partial charge in [-0.15, -0.1) is 0 Å². The molecule has 4 rings (SSSR count). The molecule has 1 atom stereocenters. The van der Waals surface area contributed by atoms with E-state index in [1.165, 1.54) is 5.39 Å². The number of carbonyl (C=O) groups excluding carboxylic acids is 1. The van der Waals surface area contributed by atoms with Crippen LogP contribution >= 0.6 is 11.6 Å². The van der Waals surface area contributed by atoms with Gasteiger partial charge in [0.05, 0.1) is 6.04 Å². The lowest BCUT2D eigenvalue weighted by atomic mass is 9.99. The van der Waals surface area contributed by atoms with Crippen molar-refractivity contribution in [3.05, 3.63) is 65.3 Å². The largest absolute Gasteiger partial charge is 0.484 e. The van der Waals surface area contributed by atoms with Gasteiger partial charge in [-0.05, 0) is 61.0 Å². The first kappa shape index (κ1) is 17.0. The van der Waals surface area contributed by atoms with Crippen molar-refractivity contribution in [3.63, 3.8) is 0 Å². The second kappa shape index (κ2) is 7.42. The number of aromatic nitrogens is 1. The average Bonchev–Trinajstić information content (AvgIpc) is 3.11. The van der Waals surface area contributed by atoms with E-state index >= 15 is 0 Å². The summed E-state index contributed by atoms with van der Waals surface area (Å²) in [5.74, 6) is 0.672. The van der Waals surface area contributed by atoms with E-state index in [1.807, 2.05) is 17.0 Å². The first-order valence-corrected chi connectivity index (χ1v) is 9.34. The van der Waals surface area contributed by atoms with E-state index in [-0.39, 0.29) is 18.6 Å². The van der Waals surface area contributed by atoms with Crippen LogP contribution in [0.5, 0.6) is 5.75 Å². The molecule has 2 aromatic carbocycles. The molecule has 5 heteroatoms. The molecule has 1 unspecified atom stereocenters. The van der Waals surface area contributed by atoms with Crippen LogP contribution in [-0.2, 0) is 4.79 Å². The number of carbonyl (C=O) groups is 1. The molecular weight excluding hydrogens is 348 g/mol. The van der Waals surface area contributed by atoms with E-state index in [0.717, 1.165) is 37.0 Å². The van der Waals surface area contributed by atoms with Gasteiger partial charge in [0, 0.05) is 22.8 Å². The van der Waals surface area contributed by atoms with Crippen molar-refractivity contribution in [2.75, 3.05) is 13.2 Å². The second-order valence-electron chi connectivity index (χ2n) is 6.65. The lowest BCUT2D eigenvalue weighted by molar-refractivity contribution is -0.137. The number of halogens is 1. The molecule has 0 saturated carbocycles. The summed E-state index contributed by atoms with van der Waals surface area (Å²) < 4.78 is 5.66. The zero-order valence-corrected chi connectivity index (χ0v) is 15.2. The SMILES string of the molecule is O=C(COc1ccc(Cl)cc1)N1CCCCC1c1cc2ccccc2[nH]1. The third kappa shape index (κ3) is 3.56. The van der Waals surface area contributed by atoms with E-state index in [0.29, 0.717) is 10.8 Å². The fourth-order valence-electron chi connectivity index (χ4n) is 3.59. The lowest BCUT2D eigenvalue weighted by Crippen LogP contribution is -2.41. The summed E-state index contributed by atoms with van der Waals surface area (Å²) in [6, 6.07) is 17.5. The predicted molar refractivity (Wildman–Crippen MR) is 104 cm³/mol. The molecule has 3 aromatic rings. The van der Waals surface area contributed by atoms with Crippen molar-refractivity contribution in [3.8, 4) is 5.75 Å². The molecule has 134 valence electrons. The van der Waals surface area contributed by atoms with E-state index < -0.39 is 0 Å². The molecule has 0 aliphatic carbocycles. The highest BCUT2D eigenvalue weighted by Crippen LogP contribution is 2.32. The average molecular weight is 369 g/mol. The first-order valence-electron chi connectivity index (χ1n) is 8.96. The first-order chi connectivity index (χ1) is 12.7. The van der Waals surface area contributed by atoms with Crippen LogP contribution in [0.15, 0.2) is 54.6 Å². The zero-order valence-electron chi connectivity index (χ0n) is 14.5. The molecule has 1 aliphatic rings. The third-order valence-corrected chi connectivity index (χ3v) is 5.16. The van der Waals surface area contributed by atoms with Crippen molar-refractivity contribution in [1.29, 1.82) is 0 Å². The molecule has 1 fully saturated rings. The molecule has 1 N–H and O–H groups in total. The van der Waals surface area contributed by atoms with Gasteiger partial charge in [0.1, 0.15) is 5.75 Å². The normalized spacial score (nSPS) is 17.4. The summed E-state index contributed by atoms with van der Waals surface area (Å²) in [6.07, 6.45) is 3.13. The summed E-state index contributed by atoms with van der Waals surface area (Å²) >= 11 is 5.88. The molecule has 1 saturated heterocycles. The van der Waals surface area contributed by atoms with E-state index in [2.05, 4.69) is 23.2 Å². The van der Waals surface area contributed by atoms with Crippen LogP contribution < -0.4 is 4.74 Å². The van der Waals surface area contributed by atoms with Crippen molar-refractivity contribution >= 4 is 28.4 Å². The summed E-state index contributed by atoms with van der Waals surface area (Å²) in [5, 5.41) is 1.83. The van der Waals surface area contributed by atoms with Gasteiger partial charge in [-0.3, -0.25) is 4.79 Å². The van der Waals surface area contributed by atoms with Gasteiger partial charge in [0.15, 0.2) is 6.61 Å². The Morgan fingerprint density at radius 1 is 1.15 bits per heavy atom. The maximum Gasteiger partial charge on any atom is 0.261 e. The maximum atomic E-state index is 12.8. The number of ether oxygens (including phenoxy) is 1. The minimum atomic E-state index is 0.0170. The molecule has 1 amide bonds. The number of nitrogens with zero attached hydrogens (tertiary/aromatic N) is 1. The van der Waals surface area contributed by atoms with Crippen LogP contribution in [0.25, 0.3) is 10.9 Å². The van der Waals surface area contributed by atoms with Gasteiger partial charge in [0.2, 0.25) is 0 Å². The molecule has 2 heterocycles. The van der Waals surface area contributed by atoms with Crippen molar-refractivity contribution < 1.29 is 9.53 Å². The van der Waals surface area contributed by atoms with E-state index in [9.17, 15) is 4.79 Å². The smallest absolute Gasteiger partial charge is 0.261 e. The zero-order chi connectivity index (χ0) is 17.9. The number of rotatable bonds is 4. The van der Waals surface area contributed by atoms with Gasteiger partial charge in [-0.25, -0.2) is 0 Å². The predicted octanol–water partition coefficient (Wildman–Crippen LogP) is 4.95. The number of hydrogen-bond acceptors (Lipinski definition) is 2. The highest BCUT2D eigenvalue weighted by molar-refractivity contribution is 6.30. The van der Waals surface area contributed by atoms with Gasteiger partial charge in [-0.1, -0.05) is 29.8 Å². The Labute approximate surface area is 157 Å². The van der Waals surface area contributed by atoms with Crippen molar-refractivity contribution in [2.45, 2.75) is 25.3 Å². The monoisotopic (exact) mass is 368 g/mol. The maximum absolute atomic E-state index is 12.8. The Morgan fingerprint density at radius 2 is 1.96 bits per heavy atom. The highest BCUT2D eigenvalue weighted by Gasteiger charge is 2.29. The van der Waals surface area contributed by atoms with Crippen LogP contribution in [0.3, 0.4) is 0 Å². The summed E-state index contributed by atoms with van der Waals surface area (Å²) in [6.45, 7) is 0.807. The number of amides is 1. The van der Waals surface area contributed by atoms with Crippen LogP contribution in [-0.4, -0.2) is 28.9 Å². The number of aromatic amines is 1. The number of likely N-dealkylation sites (tertiary alicyclic amines) is 1. The fraction of sp³-hybridized carbons (Fsp3) is 0.286. The van der Waals surface area contributed by atoms with Crippen molar-refractivity contribution in [1.82, 2.24) is 9.88 Å². The molecule has 4 nitrogen and oxygen atoms in total. The number of fused-ring (bicyclic) bond motifs is 1. The van der Waals surface area contributed by atoms with Crippen LogP contribution in [0.2, 0.25) is 5.02 Å². The Balaban J connectivity index is 1.49. The Morgan fingerprint density at radius 3 is 2.77 bits per heavy atom. The number of hydrogen-bond donors (Lipinski definition) is 1. The van der Waals surface area contributed by atoms with Crippen LogP contribution in [0.1, 0.15) is 31.0 Å². The standard InChI is InChI=1S/C21H21ClN2O2/c22-16-8-10-17(11-9-16)26-14-21(25)24-12-4-3-7-20(24)19-13-15-5-1-2-6-18(15)23-19/h1-2,5-6,8-11,13,20,23H,3-4,7,12,14H2. The molecule has 0 bridgehead atoms. The number of nitrogens with one attached hydrogen (secondary N) is 1. The Hall–Kier alpha value is -2.46. The Bertz CT molecular complexity index is 871. The molecule has 1 aromatic heterocycles. The quantitative estimate of drug-likeness (QED) is 0.707. The Kier molecular flexibility index (Phi) is 4.85. The van der Waals surface area contributed by atoms with Crippen LogP contribution in [0, 0.1) is 0 Å². The summed E-state index contributed by atoms with van der Waals surface area (Å²) in [4.78, 5) is 18.2. The topological polar surface area (TPSA) is 45.3 Å². The highest BCUT2D eigenvalue weighted by atomic mass is 35.5. The van der Waals surface area contributed by atoms with Gasteiger partial charge < -0.3 is 14.6 Å². The molecule has 26 heavy (non-hydrogen) atoms. The lowest BCUT2D eigenvalue weighted by Gasteiger charge is -2.35. The molecule has 0 spiro atoms. The number of piperidine rings is 1. The summed E-state index contributed by atoms with van der Waals surface area (Å²) in [7, 11) is 0. The fourth-order valence-corrected chi connectivity index (χ4v) is 3.71.